The molecule has 1 aromatic heterocycles. The quantitative estimate of drug-likeness (QED) is 0.820. The molecule has 7 nitrogen and oxygen atoms in total. The topological polar surface area (TPSA) is 87.2 Å². The molecule has 0 aliphatic heterocycles. The van der Waals surface area contributed by atoms with Crippen molar-refractivity contribution in [1.29, 1.82) is 0 Å². The smallest absolute Gasteiger partial charge is 0.239 e. The van der Waals surface area contributed by atoms with Gasteiger partial charge in [0.15, 0.2) is 0 Å². The fourth-order valence-electron chi connectivity index (χ4n) is 3.27. The molecule has 1 aromatic rings. The Bertz CT molecular complexity index is 613. The highest BCUT2D eigenvalue weighted by atomic mass is 16.2. The van der Waals surface area contributed by atoms with Gasteiger partial charge < -0.3 is 15.5 Å². The Morgan fingerprint density at radius 3 is 2.60 bits per heavy atom. The molecule has 138 valence electrons. The summed E-state index contributed by atoms with van der Waals surface area (Å²) in [6, 6.07) is 0.295. The molecule has 2 N–H and O–H groups in total. The lowest BCUT2D eigenvalue weighted by Gasteiger charge is -2.31. The van der Waals surface area contributed by atoms with Crippen molar-refractivity contribution < 1.29 is 9.59 Å². The van der Waals surface area contributed by atoms with Crippen molar-refractivity contribution in [1.82, 2.24) is 20.6 Å². The molecule has 7 heteroatoms. The normalized spacial score (nSPS) is 16.2. The Balaban J connectivity index is 2.00. The molecule has 1 aliphatic rings. The van der Waals surface area contributed by atoms with Crippen molar-refractivity contribution in [3.63, 3.8) is 0 Å². The number of carbonyl (C=O) groups excluding carboxylic acids is 2. The minimum absolute atomic E-state index is 0.0257. The molecule has 1 heterocycles. The summed E-state index contributed by atoms with van der Waals surface area (Å²) >= 11 is 0. The first-order chi connectivity index (χ1) is 11.9. The highest BCUT2D eigenvalue weighted by Gasteiger charge is 2.21. The van der Waals surface area contributed by atoms with E-state index < -0.39 is 0 Å². The van der Waals surface area contributed by atoms with E-state index in [9.17, 15) is 9.59 Å². The van der Waals surface area contributed by atoms with Gasteiger partial charge in [-0.05, 0) is 26.7 Å². The Hall–Kier alpha value is -2.18. The van der Waals surface area contributed by atoms with Gasteiger partial charge in [0.05, 0.1) is 12.6 Å². The zero-order valence-electron chi connectivity index (χ0n) is 15.6. The van der Waals surface area contributed by atoms with Gasteiger partial charge in [0, 0.05) is 37.5 Å². The standard InChI is InChI=1S/C18H29N5O2/c1-12(21-17(25)11-19-14(3)24)16-10-20-18(22-13(16)2)23(4)15-8-6-5-7-9-15/h10,12,15H,5-9,11H2,1-4H3,(H,19,24)(H,21,25)/t12-/m1/s1. The van der Waals surface area contributed by atoms with Crippen molar-refractivity contribution in [3.05, 3.63) is 17.5 Å². The molecule has 0 aromatic carbocycles. The van der Waals surface area contributed by atoms with Crippen LogP contribution in [0.1, 0.15) is 63.3 Å². The highest BCUT2D eigenvalue weighted by Crippen LogP contribution is 2.25. The zero-order valence-corrected chi connectivity index (χ0v) is 15.6. The molecule has 1 fully saturated rings. The summed E-state index contributed by atoms with van der Waals surface area (Å²) in [7, 11) is 2.06. The number of nitrogens with one attached hydrogen (secondary N) is 2. The Labute approximate surface area is 149 Å². The third-order valence-corrected chi connectivity index (χ3v) is 4.78. The van der Waals surface area contributed by atoms with Gasteiger partial charge in [0.1, 0.15) is 0 Å². The predicted octanol–water partition coefficient (Wildman–Crippen LogP) is 1.87. The summed E-state index contributed by atoms with van der Waals surface area (Å²) in [5, 5.41) is 5.35. The number of nitrogens with zero attached hydrogens (tertiary/aromatic N) is 3. The van der Waals surface area contributed by atoms with Crippen molar-refractivity contribution in [2.24, 2.45) is 0 Å². The maximum atomic E-state index is 11.8. The van der Waals surface area contributed by atoms with Crippen LogP contribution in [-0.2, 0) is 9.59 Å². The Kier molecular flexibility index (Phi) is 6.73. The maximum Gasteiger partial charge on any atom is 0.239 e. The summed E-state index contributed by atoms with van der Waals surface area (Å²) in [4.78, 5) is 34.1. The van der Waals surface area contributed by atoms with Gasteiger partial charge in [-0.15, -0.1) is 0 Å². The van der Waals surface area contributed by atoms with E-state index in [2.05, 4.69) is 32.5 Å². The van der Waals surface area contributed by atoms with E-state index in [1.54, 1.807) is 6.20 Å². The summed E-state index contributed by atoms with van der Waals surface area (Å²) < 4.78 is 0. The van der Waals surface area contributed by atoms with Crippen LogP contribution in [0.15, 0.2) is 6.20 Å². The van der Waals surface area contributed by atoms with Crippen LogP contribution in [0.5, 0.6) is 0 Å². The zero-order chi connectivity index (χ0) is 18.4. The molecular formula is C18H29N5O2. The predicted molar refractivity (Wildman–Crippen MR) is 97.3 cm³/mol. The van der Waals surface area contributed by atoms with Crippen LogP contribution in [0.2, 0.25) is 0 Å². The van der Waals surface area contributed by atoms with Crippen molar-refractivity contribution in [2.45, 2.75) is 65.0 Å². The summed E-state index contributed by atoms with van der Waals surface area (Å²) in [6.45, 7) is 5.19. The van der Waals surface area contributed by atoms with Gasteiger partial charge in [-0.1, -0.05) is 19.3 Å². The summed E-state index contributed by atoms with van der Waals surface area (Å²) in [5.74, 6) is 0.285. The lowest BCUT2D eigenvalue weighted by atomic mass is 9.95. The summed E-state index contributed by atoms with van der Waals surface area (Å²) in [5.41, 5.74) is 1.75. The second kappa shape index (κ2) is 8.78. The maximum absolute atomic E-state index is 11.8. The number of amides is 2. The Morgan fingerprint density at radius 1 is 1.32 bits per heavy atom. The average molecular weight is 347 g/mol. The minimum Gasteiger partial charge on any atom is -0.348 e. The van der Waals surface area contributed by atoms with E-state index in [4.69, 9.17) is 0 Å². The average Bonchev–Trinajstić information content (AvgIpc) is 2.59. The SMILES string of the molecule is CC(=O)NCC(=O)N[C@H](C)c1cnc(N(C)C2CCCCC2)nc1C. The fraction of sp³-hybridized carbons (Fsp3) is 0.667. The van der Waals surface area contributed by atoms with E-state index >= 15 is 0 Å². The molecule has 25 heavy (non-hydrogen) atoms. The van der Waals surface area contributed by atoms with Crippen LogP contribution in [0.25, 0.3) is 0 Å². The molecule has 1 saturated carbocycles. The minimum atomic E-state index is -0.231. The van der Waals surface area contributed by atoms with Gasteiger partial charge in [0.2, 0.25) is 17.8 Å². The molecule has 1 aliphatic carbocycles. The molecule has 0 bridgehead atoms. The van der Waals surface area contributed by atoms with Crippen LogP contribution in [-0.4, -0.2) is 41.4 Å². The van der Waals surface area contributed by atoms with Crippen LogP contribution < -0.4 is 15.5 Å². The number of hydrogen-bond donors (Lipinski definition) is 2. The van der Waals surface area contributed by atoms with E-state index in [1.165, 1.54) is 39.0 Å². The number of rotatable bonds is 6. The van der Waals surface area contributed by atoms with Crippen molar-refractivity contribution in [3.8, 4) is 0 Å². The lowest BCUT2D eigenvalue weighted by Crippen LogP contribution is -2.37. The second-order valence-corrected chi connectivity index (χ2v) is 6.81. The van der Waals surface area contributed by atoms with Gasteiger partial charge in [0.25, 0.3) is 0 Å². The fourth-order valence-corrected chi connectivity index (χ4v) is 3.27. The molecule has 0 spiro atoms. The van der Waals surface area contributed by atoms with Crippen LogP contribution >= 0.6 is 0 Å². The van der Waals surface area contributed by atoms with E-state index in [-0.39, 0.29) is 24.4 Å². The molecule has 2 rings (SSSR count). The van der Waals surface area contributed by atoms with Gasteiger partial charge >= 0.3 is 0 Å². The van der Waals surface area contributed by atoms with E-state index in [0.29, 0.717) is 6.04 Å². The largest absolute Gasteiger partial charge is 0.348 e. The first-order valence-electron chi connectivity index (χ1n) is 8.98. The number of hydrogen-bond acceptors (Lipinski definition) is 5. The first-order valence-corrected chi connectivity index (χ1v) is 8.98. The molecule has 0 saturated heterocycles. The van der Waals surface area contributed by atoms with Gasteiger partial charge in [-0.2, -0.15) is 0 Å². The van der Waals surface area contributed by atoms with E-state index in [1.807, 2.05) is 13.8 Å². The molecule has 2 amide bonds. The van der Waals surface area contributed by atoms with Crippen molar-refractivity contribution >= 4 is 17.8 Å². The van der Waals surface area contributed by atoms with Crippen LogP contribution in [0, 0.1) is 6.92 Å². The second-order valence-electron chi connectivity index (χ2n) is 6.81. The highest BCUT2D eigenvalue weighted by molar-refractivity contribution is 5.83. The third kappa shape index (κ3) is 5.41. The summed E-state index contributed by atoms with van der Waals surface area (Å²) in [6.07, 6.45) is 8.03. The molecule has 0 unspecified atom stereocenters. The number of anilines is 1. The number of aromatic nitrogens is 2. The third-order valence-electron chi connectivity index (χ3n) is 4.78. The molecule has 1 atom stereocenters. The molecular weight excluding hydrogens is 318 g/mol. The van der Waals surface area contributed by atoms with Gasteiger partial charge in [-0.25, -0.2) is 9.97 Å². The molecule has 0 radical (unpaired) electrons. The Morgan fingerprint density at radius 2 is 2.00 bits per heavy atom. The lowest BCUT2D eigenvalue weighted by molar-refractivity contribution is -0.125. The van der Waals surface area contributed by atoms with Crippen LogP contribution in [0.3, 0.4) is 0 Å². The van der Waals surface area contributed by atoms with E-state index in [0.717, 1.165) is 17.2 Å². The first kappa shape index (κ1) is 19.1. The van der Waals surface area contributed by atoms with Crippen LogP contribution in [0.4, 0.5) is 5.95 Å². The number of aryl methyl sites for hydroxylation is 1. The van der Waals surface area contributed by atoms with Gasteiger partial charge in [-0.3, -0.25) is 9.59 Å². The number of carbonyl (C=O) groups is 2. The monoisotopic (exact) mass is 347 g/mol. The van der Waals surface area contributed by atoms with Crippen molar-refractivity contribution in [2.75, 3.05) is 18.5 Å².